The molecule has 0 heterocycles. The lowest BCUT2D eigenvalue weighted by Crippen LogP contribution is -2.33. The molecule has 0 radical (unpaired) electrons. The van der Waals surface area contributed by atoms with E-state index in [4.69, 9.17) is 5.73 Å². The van der Waals surface area contributed by atoms with Gasteiger partial charge in [0.1, 0.15) is 0 Å². The van der Waals surface area contributed by atoms with Crippen molar-refractivity contribution in [3.05, 3.63) is 29.8 Å². The first-order valence-corrected chi connectivity index (χ1v) is 7.92. The van der Waals surface area contributed by atoms with E-state index in [1.807, 2.05) is 26.0 Å². The van der Waals surface area contributed by atoms with Crippen LogP contribution in [0.5, 0.6) is 0 Å². The summed E-state index contributed by atoms with van der Waals surface area (Å²) in [6.45, 7) is 4.85. The molecule has 0 fully saturated rings. The maximum Gasteiger partial charge on any atom is 0.214 e. The Kier molecular flexibility index (Phi) is 5.62. The topological polar surface area (TPSA) is 63.4 Å². The molecule has 0 bridgehead atoms. The Morgan fingerprint density at radius 2 is 1.72 bits per heavy atom. The summed E-state index contributed by atoms with van der Waals surface area (Å²) in [5, 5.41) is 0. The number of hydrogen-bond donors (Lipinski definition) is 1. The molecule has 102 valence electrons. The van der Waals surface area contributed by atoms with Gasteiger partial charge in [-0.1, -0.05) is 26.0 Å². The summed E-state index contributed by atoms with van der Waals surface area (Å²) in [5.74, 6) is 0.210. The van der Waals surface area contributed by atoms with Gasteiger partial charge >= 0.3 is 0 Å². The van der Waals surface area contributed by atoms with E-state index in [9.17, 15) is 8.42 Å². The van der Waals surface area contributed by atoms with E-state index < -0.39 is 10.0 Å². The first-order chi connectivity index (χ1) is 8.49. The molecule has 0 atom stereocenters. The van der Waals surface area contributed by atoms with E-state index in [1.54, 1.807) is 16.4 Å². The summed E-state index contributed by atoms with van der Waals surface area (Å²) in [6, 6.07) is 7.34. The molecule has 0 spiro atoms. The average Bonchev–Trinajstić information content (AvgIpc) is 2.31. The lowest BCUT2D eigenvalue weighted by atomic mass is 10.2. The van der Waals surface area contributed by atoms with E-state index in [2.05, 4.69) is 0 Å². The maximum absolute atomic E-state index is 12.1. The highest BCUT2D eigenvalue weighted by Gasteiger charge is 2.20. The second-order valence-corrected chi connectivity index (χ2v) is 6.48. The zero-order valence-corrected chi connectivity index (χ0v) is 11.9. The Labute approximate surface area is 110 Å². The Balaban J connectivity index is 2.83. The SMILES string of the molecule is CCCN(Cc1ccc(N)cc1)S(=O)(=O)CCC. The molecule has 2 N–H and O–H groups in total. The summed E-state index contributed by atoms with van der Waals surface area (Å²) in [6.07, 6.45) is 1.46. The first kappa shape index (κ1) is 15.0. The Hall–Kier alpha value is -1.07. The van der Waals surface area contributed by atoms with Gasteiger partial charge in [0.05, 0.1) is 5.75 Å². The van der Waals surface area contributed by atoms with Crippen molar-refractivity contribution in [3.63, 3.8) is 0 Å². The molecular weight excluding hydrogens is 248 g/mol. The second kappa shape index (κ2) is 6.75. The monoisotopic (exact) mass is 270 g/mol. The molecule has 0 aliphatic carbocycles. The van der Waals surface area contributed by atoms with Crippen LogP contribution < -0.4 is 5.73 Å². The maximum atomic E-state index is 12.1. The number of rotatable bonds is 7. The molecule has 0 unspecified atom stereocenters. The zero-order valence-electron chi connectivity index (χ0n) is 11.1. The third kappa shape index (κ3) is 4.31. The molecule has 5 heteroatoms. The van der Waals surface area contributed by atoms with Gasteiger partial charge in [-0.15, -0.1) is 0 Å². The molecule has 0 aromatic heterocycles. The lowest BCUT2D eigenvalue weighted by Gasteiger charge is -2.21. The molecule has 0 amide bonds. The Bertz CT molecular complexity index is 454. The number of benzene rings is 1. The molecule has 0 saturated heterocycles. The van der Waals surface area contributed by atoms with Crippen LogP contribution in [0, 0.1) is 0 Å². The van der Waals surface area contributed by atoms with Crippen LogP contribution in [0.1, 0.15) is 32.3 Å². The van der Waals surface area contributed by atoms with Crippen LogP contribution in [0.3, 0.4) is 0 Å². The van der Waals surface area contributed by atoms with Crippen molar-refractivity contribution in [1.29, 1.82) is 0 Å². The number of nitrogen functional groups attached to an aromatic ring is 1. The van der Waals surface area contributed by atoms with Crippen LogP contribution in [-0.4, -0.2) is 25.0 Å². The van der Waals surface area contributed by atoms with E-state index in [0.29, 0.717) is 25.2 Å². The van der Waals surface area contributed by atoms with Gasteiger partial charge in [0.2, 0.25) is 10.0 Å². The van der Waals surface area contributed by atoms with Crippen molar-refractivity contribution >= 4 is 15.7 Å². The van der Waals surface area contributed by atoms with E-state index in [1.165, 1.54) is 0 Å². The van der Waals surface area contributed by atoms with Gasteiger partial charge in [-0.25, -0.2) is 8.42 Å². The molecule has 0 aliphatic rings. The third-order valence-corrected chi connectivity index (χ3v) is 4.69. The quantitative estimate of drug-likeness (QED) is 0.773. The number of nitrogens with zero attached hydrogens (tertiary/aromatic N) is 1. The van der Waals surface area contributed by atoms with E-state index >= 15 is 0 Å². The number of sulfonamides is 1. The van der Waals surface area contributed by atoms with Gasteiger partial charge in [0.25, 0.3) is 0 Å². The summed E-state index contributed by atoms with van der Waals surface area (Å²) < 4.78 is 25.7. The fraction of sp³-hybridized carbons (Fsp3) is 0.538. The van der Waals surface area contributed by atoms with Gasteiger partial charge in [-0.05, 0) is 30.5 Å². The largest absolute Gasteiger partial charge is 0.399 e. The van der Waals surface area contributed by atoms with Gasteiger partial charge in [-0.3, -0.25) is 0 Å². The van der Waals surface area contributed by atoms with Crippen LogP contribution in [0.4, 0.5) is 5.69 Å². The van der Waals surface area contributed by atoms with Crippen molar-refractivity contribution in [2.45, 2.75) is 33.2 Å². The molecule has 0 saturated carbocycles. The smallest absolute Gasteiger partial charge is 0.214 e. The van der Waals surface area contributed by atoms with Crippen molar-refractivity contribution in [1.82, 2.24) is 4.31 Å². The van der Waals surface area contributed by atoms with Crippen LogP contribution in [0.15, 0.2) is 24.3 Å². The van der Waals surface area contributed by atoms with Crippen LogP contribution >= 0.6 is 0 Å². The summed E-state index contributed by atoms with van der Waals surface area (Å²) >= 11 is 0. The molecular formula is C13H22N2O2S. The minimum atomic E-state index is -3.14. The third-order valence-electron chi connectivity index (χ3n) is 2.67. The molecule has 0 aliphatic heterocycles. The summed E-state index contributed by atoms with van der Waals surface area (Å²) in [7, 11) is -3.14. The zero-order chi connectivity index (χ0) is 13.6. The second-order valence-electron chi connectivity index (χ2n) is 4.39. The lowest BCUT2D eigenvalue weighted by molar-refractivity contribution is 0.405. The molecule has 4 nitrogen and oxygen atoms in total. The number of anilines is 1. The molecule has 1 aromatic carbocycles. The van der Waals surface area contributed by atoms with Crippen LogP contribution in [0.2, 0.25) is 0 Å². The Morgan fingerprint density at radius 1 is 1.11 bits per heavy atom. The predicted octanol–water partition coefficient (Wildman–Crippen LogP) is 2.22. The Morgan fingerprint density at radius 3 is 2.22 bits per heavy atom. The van der Waals surface area contributed by atoms with Gasteiger partial charge in [-0.2, -0.15) is 4.31 Å². The highest BCUT2D eigenvalue weighted by Crippen LogP contribution is 2.13. The van der Waals surface area contributed by atoms with E-state index in [-0.39, 0.29) is 5.75 Å². The van der Waals surface area contributed by atoms with Crippen molar-refractivity contribution < 1.29 is 8.42 Å². The normalized spacial score (nSPS) is 11.9. The van der Waals surface area contributed by atoms with Gasteiger partial charge < -0.3 is 5.73 Å². The highest BCUT2D eigenvalue weighted by molar-refractivity contribution is 7.89. The average molecular weight is 270 g/mol. The summed E-state index contributed by atoms with van der Waals surface area (Å²) in [4.78, 5) is 0. The molecule has 1 aromatic rings. The standard InChI is InChI=1S/C13H22N2O2S/c1-3-9-15(18(16,17)10-4-2)11-12-5-7-13(14)8-6-12/h5-8H,3-4,9-11,14H2,1-2H3. The van der Waals surface area contributed by atoms with E-state index in [0.717, 1.165) is 12.0 Å². The molecule has 1 rings (SSSR count). The van der Waals surface area contributed by atoms with Crippen molar-refractivity contribution in [2.24, 2.45) is 0 Å². The van der Waals surface area contributed by atoms with Crippen LogP contribution in [-0.2, 0) is 16.6 Å². The predicted molar refractivity (Wildman–Crippen MR) is 75.6 cm³/mol. The fourth-order valence-corrected chi connectivity index (χ4v) is 3.36. The number of nitrogens with two attached hydrogens (primary N) is 1. The number of hydrogen-bond acceptors (Lipinski definition) is 3. The van der Waals surface area contributed by atoms with Gasteiger partial charge in [0, 0.05) is 18.8 Å². The van der Waals surface area contributed by atoms with Crippen molar-refractivity contribution in [3.8, 4) is 0 Å². The van der Waals surface area contributed by atoms with Crippen molar-refractivity contribution in [2.75, 3.05) is 18.0 Å². The minimum Gasteiger partial charge on any atom is -0.399 e. The van der Waals surface area contributed by atoms with Crippen LogP contribution in [0.25, 0.3) is 0 Å². The molecule has 18 heavy (non-hydrogen) atoms. The first-order valence-electron chi connectivity index (χ1n) is 6.31. The van der Waals surface area contributed by atoms with Gasteiger partial charge in [0.15, 0.2) is 0 Å². The fourth-order valence-electron chi connectivity index (χ4n) is 1.78. The summed E-state index contributed by atoms with van der Waals surface area (Å²) in [5.41, 5.74) is 7.28. The minimum absolute atomic E-state index is 0.210. The highest BCUT2D eigenvalue weighted by atomic mass is 32.2.